The SMILES string of the molecule is CCCCC/C=C\C/C=C\C/C=C\CCCCCCC(=O)OC[C@H](COP(=O)(O)O[C@H]1C(O)C(O)C(O)[C@@H](OP(=O)(O)O)C1O)OC(=O)CCC/C=C\C/C=C\C/C=C\C/C=C\CC[C@H](O)CC. The fraction of sp³-hybridized carbons (Fsp3) is 0.673. The fourth-order valence-corrected chi connectivity index (χ4v) is 8.19. The Morgan fingerprint density at radius 3 is 1.50 bits per heavy atom. The van der Waals surface area contributed by atoms with Crippen LogP contribution in [0.25, 0.3) is 0 Å². The average Bonchev–Trinajstić information content (AvgIpc) is 3.29. The molecule has 0 heterocycles. The Morgan fingerprint density at radius 1 is 0.529 bits per heavy atom. The minimum Gasteiger partial charge on any atom is -0.462 e. The Labute approximate surface area is 404 Å². The molecule has 0 aliphatic heterocycles. The van der Waals surface area contributed by atoms with Gasteiger partial charge >= 0.3 is 27.6 Å². The molecule has 9 atom stereocenters. The number of aliphatic hydroxyl groups is 5. The van der Waals surface area contributed by atoms with E-state index in [0.717, 1.165) is 77.0 Å². The van der Waals surface area contributed by atoms with Crippen molar-refractivity contribution in [2.45, 2.75) is 198 Å². The molecular weight excluding hydrogens is 922 g/mol. The van der Waals surface area contributed by atoms with Crippen LogP contribution in [0.4, 0.5) is 0 Å². The third-order valence-corrected chi connectivity index (χ3v) is 12.1. The van der Waals surface area contributed by atoms with Crippen LogP contribution in [0.1, 0.15) is 149 Å². The number of allylic oxidation sites excluding steroid dienone is 14. The van der Waals surface area contributed by atoms with E-state index >= 15 is 0 Å². The Balaban J connectivity index is 2.65. The summed E-state index contributed by atoms with van der Waals surface area (Å²) in [6.45, 7) is 2.73. The van der Waals surface area contributed by atoms with Gasteiger partial charge in [0.25, 0.3) is 0 Å². The summed E-state index contributed by atoms with van der Waals surface area (Å²) in [6.07, 6.45) is 30.5. The number of phosphoric ester groups is 2. The van der Waals surface area contributed by atoms with E-state index < -0.39 is 83.5 Å². The summed E-state index contributed by atoms with van der Waals surface area (Å²) in [6, 6.07) is 0. The molecular formula is C49H82O17P2. The lowest BCUT2D eigenvalue weighted by molar-refractivity contribution is -0.216. The van der Waals surface area contributed by atoms with Gasteiger partial charge in [-0.3, -0.25) is 23.2 Å². The molecule has 1 aliphatic rings. The fourth-order valence-electron chi connectivity index (χ4n) is 6.65. The number of phosphoric acid groups is 2. The molecule has 0 aromatic rings. The van der Waals surface area contributed by atoms with Crippen molar-refractivity contribution in [1.29, 1.82) is 0 Å². The van der Waals surface area contributed by atoms with Gasteiger partial charge in [-0.15, -0.1) is 0 Å². The van der Waals surface area contributed by atoms with Crippen molar-refractivity contribution in [3.63, 3.8) is 0 Å². The summed E-state index contributed by atoms with van der Waals surface area (Å²) < 4.78 is 49.3. The van der Waals surface area contributed by atoms with Crippen LogP contribution in [0.15, 0.2) is 85.1 Å². The predicted molar refractivity (Wildman–Crippen MR) is 261 cm³/mol. The molecule has 0 saturated heterocycles. The Hall–Kier alpha value is -2.86. The molecule has 5 unspecified atom stereocenters. The first-order valence-electron chi connectivity index (χ1n) is 24.2. The summed E-state index contributed by atoms with van der Waals surface area (Å²) in [4.78, 5) is 54.3. The molecule has 0 aromatic carbocycles. The van der Waals surface area contributed by atoms with E-state index in [-0.39, 0.29) is 18.9 Å². The lowest BCUT2D eigenvalue weighted by atomic mass is 9.85. The van der Waals surface area contributed by atoms with Gasteiger partial charge in [0.2, 0.25) is 0 Å². The quantitative estimate of drug-likeness (QED) is 0.0124. The van der Waals surface area contributed by atoms with Crippen LogP contribution in [0.3, 0.4) is 0 Å². The second-order valence-electron chi connectivity index (χ2n) is 16.6. The van der Waals surface area contributed by atoms with E-state index in [2.05, 4.69) is 72.2 Å². The number of ether oxygens (including phenoxy) is 2. The van der Waals surface area contributed by atoms with Crippen molar-refractivity contribution in [1.82, 2.24) is 0 Å². The van der Waals surface area contributed by atoms with Gasteiger partial charge in [0, 0.05) is 12.8 Å². The molecule has 0 radical (unpaired) electrons. The maximum absolute atomic E-state index is 13.0. The zero-order chi connectivity index (χ0) is 50.5. The van der Waals surface area contributed by atoms with Crippen LogP contribution in [-0.2, 0) is 41.8 Å². The van der Waals surface area contributed by atoms with Gasteiger partial charge in [-0.25, -0.2) is 9.13 Å². The van der Waals surface area contributed by atoms with Crippen molar-refractivity contribution < 1.29 is 82.0 Å². The highest BCUT2D eigenvalue weighted by molar-refractivity contribution is 7.47. The van der Waals surface area contributed by atoms with Gasteiger partial charge < -0.3 is 49.7 Å². The lowest BCUT2D eigenvalue weighted by Gasteiger charge is -2.43. The van der Waals surface area contributed by atoms with E-state index in [9.17, 15) is 58.9 Å². The van der Waals surface area contributed by atoms with Crippen molar-refractivity contribution in [3.8, 4) is 0 Å². The average molecular weight is 1010 g/mol. The first-order chi connectivity index (χ1) is 32.5. The summed E-state index contributed by atoms with van der Waals surface area (Å²) in [5.74, 6) is -1.32. The molecule has 17 nitrogen and oxygen atoms in total. The zero-order valence-corrected chi connectivity index (χ0v) is 41.9. The molecule has 0 bridgehead atoms. The van der Waals surface area contributed by atoms with Crippen LogP contribution < -0.4 is 0 Å². The number of rotatable bonds is 39. The summed E-state index contributed by atoms with van der Waals surface area (Å²) in [5, 5.41) is 50.8. The standard InChI is InChI=1S/C49H82O17P2/c1-3-5-6-7-8-9-10-11-12-13-14-18-21-24-27-30-33-36-42(51)62-38-41(39-63-68(60,61)66-49-46(55)44(53)45(54)48(47(49)56)65-67(57,58)59)64-43(52)37-34-31-28-25-22-19-16-15-17-20-23-26-29-32-35-40(50)4-2/h8-9,11-12,14,16-20,25-26,28-29,40-41,44-50,53-56H,3-7,10,13,15,21-24,27,30-39H2,1-2H3,(H,60,61)(H2,57,58,59)/b9-8-,12-11-,18-14-,19-16-,20-17-,28-25-,29-26-/t40-,41-,44?,45?,46?,47?,48-,49+/m1/s1. The van der Waals surface area contributed by atoms with Crippen molar-refractivity contribution in [3.05, 3.63) is 85.1 Å². The molecule has 1 aliphatic carbocycles. The highest BCUT2D eigenvalue weighted by Gasteiger charge is 2.54. The van der Waals surface area contributed by atoms with Crippen LogP contribution in [0.2, 0.25) is 0 Å². The molecule has 0 spiro atoms. The van der Waals surface area contributed by atoms with Crippen LogP contribution in [0, 0.1) is 0 Å². The first kappa shape index (κ1) is 63.2. The van der Waals surface area contributed by atoms with Crippen molar-refractivity contribution in [2.24, 2.45) is 0 Å². The zero-order valence-electron chi connectivity index (χ0n) is 40.1. The first-order valence-corrected chi connectivity index (χ1v) is 27.2. The molecule has 1 saturated carbocycles. The third-order valence-electron chi connectivity index (χ3n) is 10.6. The summed E-state index contributed by atoms with van der Waals surface area (Å²) >= 11 is 0. The number of aliphatic hydroxyl groups excluding tert-OH is 5. The number of esters is 2. The number of hydrogen-bond acceptors (Lipinski definition) is 14. The summed E-state index contributed by atoms with van der Waals surface area (Å²) in [7, 11) is -10.7. The molecule has 8 N–H and O–H groups in total. The van der Waals surface area contributed by atoms with Gasteiger partial charge in [-0.05, 0) is 96.3 Å². The molecule has 0 amide bonds. The summed E-state index contributed by atoms with van der Waals surface area (Å²) in [5.41, 5.74) is 0. The Kier molecular flexibility index (Phi) is 36.1. The van der Waals surface area contributed by atoms with Crippen LogP contribution >= 0.6 is 15.6 Å². The molecule has 390 valence electrons. The van der Waals surface area contributed by atoms with E-state index in [1.54, 1.807) is 0 Å². The molecule has 19 heteroatoms. The molecule has 68 heavy (non-hydrogen) atoms. The number of carbonyl (C=O) groups excluding carboxylic acids is 2. The topological polar surface area (TPSA) is 276 Å². The predicted octanol–water partition coefficient (Wildman–Crippen LogP) is 8.36. The van der Waals surface area contributed by atoms with Crippen molar-refractivity contribution in [2.75, 3.05) is 13.2 Å². The lowest BCUT2D eigenvalue weighted by Crippen LogP contribution is -2.64. The maximum atomic E-state index is 13.0. The Bertz CT molecular complexity index is 1650. The number of carbonyl (C=O) groups is 2. The Morgan fingerprint density at radius 2 is 0.985 bits per heavy atom. The highest BCUT2D eigenvalue weighted by Crippen LogP contribution is 2.49. The second kappa shape index (κ2) is 38.8. The van der Waals surface area contributed by atoms with Gasteiger partial charge in [0.15, 0.2) is 6.10 Å². The van der Waals surface area contributed by atoms with Gasteiger partial charge in [-0.2, -0.15) is 0 Å². The highest BCUT2D eigenvalue weighted by atomic mass is 31.2. The van der Waals surface area contributed by atoms with Gasteiger partial charge in [0.1, 0.15) is 43.2 Å². The van der Waals surface area contributed by atoms with E-state index in [0.29, 0.717) is 25.7 Å². The number of unbranched alkanes of at least 4 members (excludes halogenated alkanes) is 8. The van der Waals surface area contributed by atoms with Crippen LogP contribution in [0.5, 0.6) is 0 Å². The van der Waals surface area contributed by atoms with E-state index in [1.807, 2.05) is 31.2 Å². The monoisotopic (exact) mass is 1000 g/mol. The van der Waals surface area contributed by atoms with E-state index in [4.69, 9.17) is 18.5 Å². The minimum atomic E-state index is -5.38. The second-order valence-corrected chi connectivity index (χ2v) is 19.2. The normalized spacial score (nSPS) is 22.4. The largest absolute Gasteiger partial charge is 0.472 e. The molecule has 1 fully saturated rings. The number of hydrogen-bond donors (Lipinski definition) is 8. The van der Waals surface area contributed by atoms with Gasteiger partial charge in [0.05, 0.1) is 12.7 Å². The van der Waals surface area contributed by atoms with E-state index in [1.165, 1.54) is 19.3 Å². The third kappa shape index (κ3) is 32.9. The molecule has 0 aromatic heterocycles. The van der Waals surface area contributed by atoms with Crippen molar-refractivity contribution >= 4 is 27.6 Å². The minimum absolute atomic E-state index is 0.0549. The van der Waals surface area contributed by atoms with Crippen LogP contribution in [-0.4, -0.2) is 114 Å². The van der Waals surface area contributed by atoms with Gasteiger partial charge in [-0.1, -0.05) is 125 Å². The smallest absolute Gasteiger partial charge is 0.462 e. The molecule has 1 rings (SSSR count). The maximum Gasteiger partial charge on any atom is 0.472 e.